The Balaban J connectivity index is 2.16. The van der Waals surface area contributed by atoms with Gasteiger partial charge in [0.25, 0.3) is 0 Å². The first-order valence-corrected chi connectivity index (χ1v) is 7.54. The van der Waals surface area contributed by atoms with Crippen molar-refractivity contribution in [3.8, 4) is 11.5 Å². The number of benzene rings is 1. The Morgan fingerprint density at radius 2 is 1.91 bits per heavy atom. The SMILES string of the molecule is COc1ccc(C(Cl)C(=O)NC(C)(C)c2ccco2)cc1OC. The first-order valence-electron chi connectivity index (χ1n) is 7.11. The number of hydrogen-bond acceptors (Lipinski definition) is 4. The Morgan fingerprint density at radius 1 is 1.22 bits per heavy atom. The Bertz CT molecular complexity index is 667. The van der Waals surface area contributed by atoms with Gasteiger partial charge in [-0.15, -0.1) is 11.6 Å². The Morgan fingerprint density at radius 3 is 2.48 bits per heavy atom. The lowest BCUT2D eigenvalue weighted by Gasteiger charge is -2.25. The summed E-state index contributed by atoms with van der Waals surface area (Å²) in [6, 6.07) is 8.72. The Labute approximate surface area is 140 Å². The maximum atomic E-state index is 12.5. The van der Waals surface area contributed by atoms with Gasteiger partial charge in [-0.2, -0.15) is 0 Å². The minimum absolute atomic E-state index is 0.319. The lowest BCUT2D eigenvalue weighted by Crippen LogP contribution is -2.42. The number of hydrogen-bond donors (Lipinski definition) is 1. The lowest BCUT2D eigenvalue weighted by molar-refractivity contribution is -0.122. The van der Waals surface area contributed by atoms with Crippen LogP contribution in [0.3, 0.4) is 0 Å². The van der Waals surface area contributed by atoms with Gasteiger partial charge in [0.15, 0.2) is 11.5 Å². The fraction of sp³-hybridized carbons (Fsp3) is 0.353. The van der Waals surface area contributed by atoms with Crippen molar-refractivity contribution in [1.82, 2.24) is 5.32 Å². The van der Waals surface area contributed by atoms with E-state index in [0.717, 1.165) is 0 Å². The number of rotatable bonds is 6. The van der Waals surface area contributed by atoms with E-state index >= 15 is 0 Å². The van der Waals surface area contributed by atoms with Gasteiger partial charge in [0, 0.05) is 0 Å². The second-order valence-electron chi connectivity index (χ2n) is 5.57. The topological polar surface area (TPSA) is 60.7 Å². The average molecular weight is 338 g/mol. The van der Waals surface area contributed by atoms with Crippen LogP contribution in [-0.2, 0) is 10.3 Å². The van der Waals surface area contributed by atoms with E-state index in [2.05, 4.69) is 5.32 Å². The Kier molecular flexibility index (Phi) is 5.21. The maximum Gasteiger partial charge on any atom is 0.243 e. The van der Waals surface area contributed by atoms with Gasteiger partial charge in [-0.05, 0) is 43.7 Å². The first-order chi connectivity index (χ1) is 10.9. The van der Waals surface area contributed by atoms with E-state index in [1.807, 2.05) is 13.8 Å². The summed E-state index contributed by atoms with van der Waals surface area (Å²) in [7, 11) is 3.08. The van der Waals surface area contributed by atoms with Gasteiger partial charge in [-0.3, -0.25) is 4.79 Å². The number of carbonyl (C=O) groups excluding carboxylic acids is 1. The molecule has 0 aliphatic heterocycles. The molecule has 0 fully saturated rings. The van der Waals surface area contributed by atoms with Gasteiger partial charge in [-0.25, -0.2) is 0 Å². The van der Waals surface area contributed by atoms with E-state index < -0.39 is 10.9 Å². The molecule has 1 N–H and O–H groups in total. The van der Waals surface area contributed by atoms with Crippen molar-refractivity contribution in [3.05, 3.63) is 47.9 Å². The van der Waals surface area contributed by atoms with Gasteiger partial charge in [-0.1, -0.05) is 6.07 Å². The number of alkyl halides is 1. The number of methoxy groups -OCH3 is 2. The molecule has 0 saturated heterocycles. The fourth-order valence-electron chi connectivity index (χ4n) is 2.23. The molecule has 1 unspecified atom stereocenters. The van der Waals surface area contributed by atoms with Crippen molar-refractivity contribution in [2.75, 3.05) is 14.2 Å². The summed E-state index contributed by atoms with van der Waals surface area (Å²) in [5.41, 5.74) is -0.0401. The molecule has 0 radical (unpaired) electrons. The number of halogens is 1. The third-order valence-electron chi connectivity index (χ3n) is 3.50. The van der Waals surface area contributed by atoms with Crippen molar-refractivity contribution in [1.29, 1.82) is 0 Å². The molecule has 0 bridgehead atoms. The van der Waals surface area contributed by atoms with Gasteiger partial charge in [0.1, 0.15) is 11.1 Å². The largest absolute Gasteiger partial charge is 0.493 e. The summed E-state index contributed by atoms with van der Waals surface area (Å²) in [6.45, 7) is 3.70. The van der Waals surface area contributed by atoms with Crippen LogP contribution in [0.2, 0.25) is 0 Å². The molecule has 124 valence electrons. The van der Waals surface area contributed by atoms with Gasteiger partial charge in [0.2, 0.25) is 5.91 Å². The molecule has 6 heteroatoms. The monoisotopic (exact) mass is 337 g/mol. The number of carbonyl (C=O) groups is 1. The van der Waals surface area contributed by atoms with E-state index in [1.165, 1.54) is 7.11 Å². The summed E-state index contributed by atoms with van der Waals surface area (Å²) in [5.74, 6) is 1.44. The molecule has 1 atom stereocenters. The van der Waals surface area contributed by atoms with Crippen LogP contribution in [-0.4, -0.2) is 20.1 Å². The Hall–Kier alpha value is -2.14. The molecule has 1 heterocycles. The van der Waals surface area contributed by atoms with E-state index in [-0.39, 0.29) is 5.91 Å². The third-order valence-corrected chi connectivity index (χ3v) is 3.95. The normalized spacial score (nSPS) is 12.6. The molecular weight excluding hydrogens is 318 g/mol. The van der Waals surface area contributed by atoms with Crippen LogP contribution in [0.25, 0.3) is 0 Å². The number of furan rings is 1. The molecule has 1 aromatic heterocycles. The zero-order valence-corrected chi connectivity index (χ0v) is 14.3. The molecule has 5 nitrogen and oxygen atoms in total. The molecule has 0 saturated carbocycles. The molecule has 23 heavy (non-hydrogen) atoms. The number of nitrogens with one attached hydrogen (secondary N) is 1. The average Bonchev–Trinajstić information content (AvgIpc) is 3.08. The highest BCUT2D eigenvalue weighted by atomic mass is 35.5. The maximum absolute atomic E-state index is 12.5. The summed E-state index contributed by atoms with van der Waals surface area (Å²) >= 11 is 6.31. The van der Waals surface area contributed by atoms with E-state index in [4.69, 9.17) is 25.5 Å². The summed E-state index contributed by atoms with van der Waals surface area (Å²) in [4.78, 5) is 12.5. The van der Waals surface area contributed by atoms with Gasteiger partial charge >= 0.3 is 0 Å². The summed E-state index contributed by atoms with van der Waals surface area (Å²) in [6.07, 6.45) is 1.57. The minimum atomic E-state index is -0.857. The summed E-state index contributed by atoms with van der Waals surface area (Å²) < 4.78 is 15.8. The van der Waals surface area contributed by atoms with Crippen LogP contribution in [0, 0.1) is 0 Å². The number of ether oxygens (including phenoxy) is 2. The smallest absolute Gasteiger partial charge is 0.243 e. The van der Waals surface area contributed by atoms with Crippen LogP contribution in [0.15, 0.2) is 41.0 Å². The second-order valence-corrected chi connectivity index (χ2v) is 6.00. The third kappa shape index (κ3) is 3.79. The first kappa shape index (κ1) is 17.2. The standard InChI is InChI=1S/C17H20ClNO4/c1-17(2,14-6-5-9-23-14)19-16(20)15(18)11-7-8-12(21-3)13(10-11)22-4/h5-10,15H,1-4H3,(H,19,20). The van der Waals surface area contributed by atoms with Crippen molar-refractivity contribution >= 4 is 17.5 Å². The van der Waals surface area contributed by atoms with Crippen molar-refractivity contribution < 1.29 is 18.7 Å². The van der Waals surface area contributed by atoms with Crippen LogP contribution >= 0.6 is 11.6 Å². The molecule has 1 aromatic carbocycles. The fourth-order valence-corrected chi connectivity index (χ4v) is 2.42. The minimum Gasteiger partial charge on any atom is -0.493 e. The van der Waals surface area contributed by atoms with Gasteiger partial charge in [0.05, 0.1) is 26.0 Å². The highest BCUT2D eigenvalue weighted by Gasteiger charge is 2.29. The van der Waals surface area contributed by atoms with E-state index in [9.17, 15) is 4.79 Å². The van der Waals surface area contributed by atoms with Crippen molar-refractivity contribution in [2.24, 2.45) is 0 Å². The quantitative estimate of drug-likeness (QED) is 0.818. The lowest BCUT2D eigenvalue weighted by atomic mass is 10.0. The van der Waals surface area contributed by atoms with Crippen LogP contribution in [0.4, 0.5) is 0 Å². The second kappa shape index (κ2) is 6.96. The highest BCUT2D eigenvalue weighted by Crippen LogP contribution is 2.33. The zero-order valence-electron chi connectivity index (χ0n) is 13.6. The predicted octanol–water partition coefficient (Wildman–Crippen LogP) is 3.63. The van der Waals surface area contributed by atoms with Gasteiger partial charge < -0.3 is 19.2 Å². The van der Waals surface area contributed by atoms with Crippen LogP contribution in [0.1, 0.15) is 30.5 Å². The molecular formula is C17H20ClNO4. The van der Waals surface area contributed by atoms with Crippen LogP contribution < -0.4 is 14.8 Å². The van der Waals surface area contributed by atoms with E-state index in [0.29, 0.717) is 22.8 Å². The highest BCUT2D eigenvalue weighted by molar-refractivity contribution is 6.30. The number of amides is 1. The van der Waals surface area contributed by atoms with Crippen molar-refractivity contribution in [3.63, 3.8) is 0 Å². The predicted molar refractivity (Wildman–Crippen MR) is 88.0 cm³/mol. The molecule has 2 rings (SSSR count). The molecule has 0 aliphatic rings. The molecule has 1 amide bonds. The van der Waals surface area contributed by atoms with Crippen LogP contribution in [0.5, 0.6) is 11.5 Å². The van der Waals surface area contributed by atoms with E-state index in [1.54, 1.807) is 43.7 Å². The molecule has 2 aromatic rings. The zero-order chi connectivity index (χ0) is 17.0. The molecule has 0 aliphatic carbocycles. The van der Waals surface area contributed by atoms with Crippen molar-refractivity contribution in [2.45, 2.75) is 24.8 Å². The molecule has 0 spiro atoms. The summed E-state index contributed by atoms with van der Waals surface area (Å²) in [5, 5.41) is 2.03.